The van der Waals surface area contributed by atoms with Gasteiger partial charge in [-0.1, -0.05) is 74.5 Å². The summed E-state index contributed by atoms with van der Waals surface area (Å²) in [7, 11) is 0. The van der Waals surface area contributed by atoms with Crippen molar-refractivity contribution >= 4 is 11.9 Å². The number of allylic oxidation sites excluding steroid dienone is 2. The van der Waals surface area contributed by atoms with E-state index in [2.05, 4.69) is 48.5 Å². The Morgan fingerprint density at radius 3 is 1.38 bits per heavy atom. The second-order valence-corrected chi connectivity index (χ2v) is 7.31. The summed E-state index contributed by atoms with van der Waals surface area (Å²) in [5, 5.41) is 17.4. The zero-order chi connectivity index (χ0) is 21.2. The Hall–Kier alpha value is -3.14. The van der Waals surface area contributed by atoms with E-state index in [9.17, 15) is 9.59 Å². The molecule has 0 saturated carbocycles. The molecule has 2 atom stereocenters. The molecule has 0 saturated heterocycles. The van der Waals surface area contributed by atoms with Crippen LogP contribution in [0.4, 0.5) is 0 Å². The Bertz CT molecular complexity index is 787. The smallest absolute Gasteiger partial charge is 0.327 e. The fraction of sp³-hybridized carbons (Fsp3) is 0.280. The van der Waals surface area contributed by atoms with Crippen LogP contribution in [0.25, 0.3) is 0 Å². The Kier molecular flexibility index (Phi) is 8.41. The monoisotopic (exact) mass is 392 g/mol. The van der Waals surface area contributed by atoms with Gasteiger partial charge in [0.1, 0.15) is 0 Å². The highest BCUT2D eigenvalue weighted by Crippen LogP contribution is 2.20. The molecule has 0 bridgehead atoms. The summed E-state index contributed by atoms with van der Waals surface area (Å²) in [4.78, 5) is 21.2. The lowest BCUT2D eigenvalue weighted by Crippen LogP contribution is -1.95. The molecule has 0 radical (unpaired) electrons. The fourth-order valence-electron chi connectivity index (χ4n) is 3.15. The fourth-order valence-corrected chi connectivity index (χ4v) is 3.15. The molecule has 2 rings (SSSR count). The van der Waals surface area contributed by atoms with Gasteiger partial charge >= 0.3 is 11.9 Å². The third-order valence-corrected chi connectivity index (χ3v) is 5.00. The molecule has 0 fully saturated rings. The predicted octanol–water partition coefficient (Wildman–Crippen LogP) is 5.35. The van der Waals surface area contributed by atoms with Crippen LogP contribution in [0.5, 0.6) is 0 Å². The maximum Gasteiger partial charge on any atom is 0.327 e. The Balaban J connectivity index is 1.83. The lowest BCUT2D eigenvalue weighted by Gasteiger charge is -2.09. The number of carboxylic acid groups (broad SMARTS) is 2. The highest BCUT2D eigenvalue weighted by molar-refractivity contribution is 5.80. The highest BCUT2D eigenvalue weighted by atomic mass is 16.4. The lowest BCUT2D eigenvalue weighted by atomic mass is 9.96. The molecule has 152 valence electrons. The molecule has 29 heavy (non-hydrogen) atoms. The van der Waals surface area contributed by atoms with Gasteiger partial charge in [-0.15, -0.1) is 0 Å². The van der Waals surface area contributed by atoms with Crippen LogP contribution in [-0.2, 0) is 22.4 Å². The molecule has 0 aromatic heterocycles. The van der Waals surface area contributed by atoms with E-state index in [1.165, 1.54) is 23.3 Å². The van der Waals surface area contributed by atoms with Crippen molar-refractivity contribution in [2.24, 2.45) is 0 Å². The van der Waals surface area contributed by atoms with E-state index in [4.69, 9.17) is 10.2 Å². The number of aliphatic carboxylic acids is 2. The minimum Gasteiger partial charge on any atom is -0.478 e. The zero-order valence-electron chi connectivity index (χ0n) is 16.9. The third-order valence-electron chi connectivity index (χ3n) is 5.00. The van der Waals surface area contributed by atoms with E-state index >= 15 is 0 Å². The van der Waals surface area contributed by atoms with Gasteiger partial charge in [-0.2, -0.15) is 0 Å². The van der Waals surface area contributed by atoms with E-state index in [0.29, 0.717) is 0 Å². The maximum absolute atomic E-state index is 10.6. The van der Waals surface area contributed by atoms with Crippen LogP contribution < -0.4 is 0 Å². The van der Waals surface area contributed by atoms with E-state index in [1.54, 1.807) is 12.2 Å². The molecular formula is C25H28O4. The molecule has 0 amide bonds. The van der Waals surface area contributed by atoms with Crippen molar-refractivity contribution in [3.63, 3.8) is 0 Å². The maximum atomic E-state index is 10.6. The molecule has 2 aromatic rings. The van der Waals surface area contributed by atoms with Crippen LogP contribution in [-0.4, -0.2) is 22.2 Å². The number of benzene rings is 2. The quantitative estimate of drug-likeness (QED) is 0.535. The van der Waals surface area contributed by atoms with Gasteiger partial charge in [0.15, 0.2) is 0 Å². The summed E-state index contributed by atoms with van der Waals surface area (Å²) in [6, 6.07) is 16.7. The average molecular weight is 392 g/mol. The van der Waals surface area contributed by atoms with Crippen LogP contribution in [0.1, 0.15) is 54.4 Å². The van der Waals surface area contributed by atoms with Crippen LogP contribution in [0, 0.1) is 0 Å². The first kappa shape index (κ1) is 22.2. The average Bonchev–Trinajstić information content (AvgIpc) is 2.71. The molecule has 4 heteroatoms. The lowest BCUT2D eigenvalue weighted by molar-refractivity contribution is -0.132. The first-order chi connectivity index (χ1) is 13.8. The first-order valence-electron chi connectivity index (χ1n) is 9.85. The van der Waals surface area contributed by atoms with E-state index < -0.39 is 11.9 Å². The van der Waals surface area contributed by atoms with E-state index in [1.807, 2.05) is 13.8 Å². The standard InChI is InChI=1S/C25H28O4/c1-18(6-16-24(26)27)22-12-8-20(9-13-22)4-3-5-21-10-14-23(15-11-21)19(2)7-17-25(28)29/h6-19H,3-5H2,1-2H3,(H,26,27)(H,28,29). The molecule has 0 heterocycles. The van der Waals surface area contributed by atoms with Gasteiger partial charge in [0.2, 0.25) is 0 Å². The third kappa shape index (κ3) is 7.78. The van der Waals surface area contributed by atoms with E-state index in [-0.39, 0.29) is 11.8 Å². The molecule has 0 aliphatic heterocycles. The zero-order valence-corrected chi connectivity index (χ0v) is 16.9. The number of aryl methyl sites for hydroxylation is 2. The van der Waals surface area contributed by atoms with E-state index in [0.717, 1.165) is 30.4 Å². The van der Waals surface area contributed by atoms with Crippen LogP contribution in [0.2, 0.25) is 0 Å². The van der Waals surface area contributed by atoms with Gasteiger partial charge in [0.05, 0.1) is 0 Å². The molecule has 2 N–H and O–H groups in total. The number of carbonyl (C=O) groups is 2. The molecule has 2 aromatic carbocycles. The van der Waals surface area contributed by atoms with Crippen molar-refractivity contribution in [2.45, 2.75) is 44.9 Å². The summed E-state index contributed by atoms with van der Waals surface area (Å²) >= 11 is 0. The van der Waals surface area contributed by atoms with Gasteiger partial charge in [-0.05, 0) is 53.4 Å². The molecule has 0 spiro atoms. The van der Waals surface area contributed by atoms with Crippen LogP contribution >= 0.6 is 0 Å². The summed E-state index contributed by atoms with van der Waals surface area (Å²) in [5.74, 6) is -1.70. The van der Waals surface area contributed by atoms with Crippen molar-refractivity contribution in [3.8, 4) is 0 Å². The number of carboxylic acids is 2. The summed E-state index contributed by atoms with van der Waals surface area (Å²) < 4.78 is 0. The molecule has 2 unspecified atom stereocenters. The number of rotatable bonds is 10. The number of hydrogen-bond acceptors (Lipinski definition) is 2. The highest BCUT2D eigenvalue weighted by Gasteiger charge is 2.04. The van der Waals surface area contributed by atoms with Crippen molar-refractivity contribution in [2.75, 3.05) is 0 Å². The predicted molar refractivity (Wildman–Crippen MR) is 115 cm³/mol. The van der Waals surface area contributed by atoms with Gasteiger partial charge in [-0.25, -0.2) is 9.59 Å². The van der Waals surface area contributed by atoms with Crippen molar-refractivity contribution in [3.05, 3.63) is 95.1 Å². The van der Waals surface area contributed by atoms with Gasteiger partial charge < -0.3 is 10.2 Å². The topological polar surface area (TPSA) is 74.6 Å². The molecule has 0 aliphatic rings. The van der Waals surface area contributed by atoms with Crippen molar-refractivity contribution in [1.29, 1.82) is 0 Å². The molecule has 0 aliphatic carbocycles. The Morgan fingerprint density at radius 1 is 0.724 bits per heavy atom. The SMILES string of the molecule is CC(C=CC(=O)O)c1ccc(CCCc2ccc(C(C)C=CC(=O)O)cc2)cc1. The van der Waals surface area contributed by atoms with Gasteiger partial charge in [0.25, 0.3) is 0 Å². The minimum absolute atomic E-state index is 0.0754. The molecular weight excluding hydrogens is 364 g/mol. The minimum atomic E-state index is -0.923. The summed E-state index contributed by atoms with van der Waals surface area (Å²) in [5.41, 5.74) is 4.75. The Morgan fingerprint density at radius 2 is 1.07 bits per heavy atom. The van der Waals surface area contributed by atoms with Crippen LogP contribution in [0.3, 0.4) is 0 Å². The molecule has 4 nitrogen and oxygen atoms in total. The van der Waals surface area contributed by atoms with Crippen molar-refractivity contribution in [1.82, 2.24) is 0 Å². The van der Waals surface area contributed by atoms with Gasteiger partial charge in [0, 0.05) is 12.2 Å². The second kappa shape index (κ2) is 11.0. The largest absolute Gasteiger partial charge is 0.478 e. The Labute approximate surface area is 172 Å². The summed E-state index contributed by atoms with van der Waals surface area (Å²) in [6.45, 7) is 3.97. The first-order valence-corrected chi connectivity index (χ1v) is 9.85. The normalized spacial score (nSPS) is 13.6. The second-order valence-electron chi connectivity index (χ2n) is 7.31. The number of hydrogen-bond donors (Lipinski definition) is 2. The van der Waals surface area contributed by atoms with Crippen LogP contribution in [0.15, 0.2) is 72.8 Å². The summed E-state index contributed by atoms with van der Waals surface area (Å²) in [6.07, 6.45) is 8.78. The van der Waals surface area contributed by atoms with Gasteiger partial charge in [-0.3, -0.25) is 0 Å². The van der Waals surface area contributed by atoms with Crippen molar-refractivity contribution < 1.29 is 19.8 Å².